The van der Waals surface area contributed by atoms with Crippen LogP contribution >= 0.6 is 0 Å². The lowest BCUT2D eigenvalue weighted by Gasteiger charge is -2.32. The summed E-state index contributed by atoms with van der Waals surface area (Å²) in [7, 11) is 0. The summed E-state index contributed by atoms with van der Waals surface area (Å²) in [4.78, 5) is 13.5. The van der Waals surface area contributed by atoms with Crippen molar-refractivity contribution in [2.75, 3.05) is 13.1 Å². The molecule has 3 nitrogen and oxygen atoms in total. The largest absolute Gasteiger partial charge is 0.481 e. The van der Waals surface area contributed by atoms with E-state index in [4.69, 9.17) is 0 Å². The molecule has 0 bridgehead atoms. The molecule has 0 spiro atoms. The lowest BCUT2D eigenvalue weighted by molar-refractivity contribution is -0.143. The Morgan fingerprint density at radius 3 is 2.36 bits per heavy atom. The van der Waals surface area contributed by atoms with E-state index in [1.807, 2.05) is 0 Å². The summed E-state index contributed by atoms with van der Waals surface area (Å²) in [6, 6.07) is 4.59. The molecule has 0 saturated carbocycles. The third kappa shape index (κ3) is 3.89. The number of aliphatic carboxylic acids is 1. The van der Waals surface area contributed by atoms with Gasteiger partial charge in [0, 0.05) is 13.1 Å². The minimum absolute atomic E-state index is 0.160. The van der Waals surface area contributed by atoms with Crippen LogP contribution in [-0.2, 0) is 16.8 Å². The van der Waals surface area contributed by atoms with E-state index in [1.54, 1.807) is 0 Å². The summed E-state index contributed by atoms with van der Waals surface area (Å²) in [6.45, 7) is 13.6. The third-order valence-corrected chi connectivity index (χ3v) is 4.80. The summed E-state index contributed by atoms with van der Waals surface area (Å²) in [5, 5.41) is 9.23. The van der Waals surface area contributed by atoms with Crippen LogP contribution in [0.4, 0.5) is 0 Å². The number of rotatable bonds is 3. The van der Waals surface area contributed by atoms with Crippen molar-refractivity contribution in [2.45, 2.75) is 59.4 Å². The average molecular weight is 303 g/mol. The fourth-order valence-electron chi connectivity index (χ4n) is 3.30. The SMILES string of the molecule is Cc1cc(C(C)(C)C)cc(C)c1CN1CCCC(C(=O)O)C1. The van der Waals surface area contributed by atoms with Gasteiger partial charge < -0.3 is 5.11 Å². The first-order valence-electron chi connectivity index (χ1n) is 8.24. The summed E-state index contributed by atoms with van der Waals surface area (Å²) in [5.74, 6) is -0.857. The van der Waals surface area contributed by atoms with Gasteiger partial charge in [-0.05, 0) is 60.9 Å². The van der Waals surface area contributed by atoms with Gasteiger partial charge in [-0.3, -0.25) is 9.69 Å². The Balaban J connectivity index is 2.18. The first-order chi connectivity index (χ1) is 10.2. The van der Waals surface area contributed by atoms with Crippen LogP contribution < -0.4 is 0 Å². The van der Waals surface area contributed by atoms with Crippen LogP contribution in [0.15, 0.2) is 12.1 Å². The highest BCUT2D eigenvalue weighted by Crippen LogP contribution is 2.28. The Hall–Kier alpha value is -1.35. The summed E-state index contributed by atoms with van der Waals surface area (Å²) in [6.07, 6.45) is 1.79. The predicted octanol–water partition coefficient (Wildman–Crippen LogP) is 3.90. The van der Waals surface area contributed by atoms with E-state index >= 15 is 0 Å². The van der Waals surface area contributed by atoms with Crippen molar-refractivity contribution in [3.05, 3.63) is 34.4 Å². The number of carboxylic acids is 1. The third-order valence-electron chi connectivity index (χ3n) is 4.80. The molecule has 1 atom stereocenters. The molecule has 1 heterocycles. The molecule has 0 amide bonds. The van der Waals surface area contributed by atoms with Crippen molar-refractivity contribution in [3.63, 3.8) is 0 Å². The van der Waals surface area contributed by atoms with Crippen LogP contribution in [0.25, 0.3) is 0 Å². The molecule has 1 unspecified atom stereocenters. The van der Waals surface area contributed by atoms with Crippen LogP contribution in [0, 0.1) is 19.8 Å². The summed E-state index contributed by atoms with van der Waals surface area (Å²) < 4.78 is 0. The number of nitrogens with zero attached hydrogens (tertiary/aromatic N) is 1. The molecule has 0 aromatic heterocycles. The number of likely N-dealkylation sites (tertiary alicyclic amines) is 1. The second-order valence-electron chi connectivity index (χ2n) is 7.75. The van der Waals surface area contributed by atoms with Crippen LogP contribution in [0.1, 0.15) is 55.9 Å². The maximum Gasteiger partial charge on any atom is 0.307 e. The molecule has 22 heavy (non-hydrogen) atoms. The second-order valence-corrected chi connectivity index (χ2v) is 7.75. The van der Waals surface area contributed by atoms with E-state index in [0.717, 1.165) is 25.9 Å². The molecule has 0 radical (unpaired) electrons. The highest BCUT2D eigenvalue weighted by molar-refractivity contribution is 5.70. The molecule has 3 heteroatoms. The first-order valence-corrected chi connectivity index (χ1v) is 8.24. The monoisotopic (exact) mass is 303 g/mol. The van der Waals surface area contributed by atoms with Gasteiger partial charge in [0.15, 0.2) is 0 Å². The lowest BCUT2D eigenvalue weighted by Crippen LogP contribution is -2.38. The molecule has 1 aromatic rings. The first kappa shape index (κ1) is 17.0. The Morgan fingerprint density at radius 1 is 1.27 bits per heavy atom. The van der Waals surface area contributed by atoms with Crippen molar-refractivity contribution in [1.82, 2.24) is 4.90 Å². The van der Waals surface area contributed by atoms with Crippen molar-refractivity contribution in [3.8, 4) is 0 Å². The van der Waals surface area contributed by atoms with E-state index in [2.05, 4.69) is 51.7 Å². The summed E-state index contributed by atoms with van der Waals surface area (Å²) in [5.41, 5.74) is 5.53. The average Bonchev–Trinajstić information content (AvgIpc) is 2.42. The van der Waals surface area contributed by atoms with Crippen molar-refractivity contribution in [1.29, 1.82) is 0 Å². The molecule has 2 rings (SSSR count). The molecular formula is C19H29NO2. The summed E-state index contributed by atoms with van der Waals surface area (Å²) >= 11 is 0. The Bertz CT molecular complexity index is 534. The van der Waals surface area contributed by atoms with Crippen LogP contribution in [0.5, 0.6) is 0 Å². The minimum Gasteiger partial charge on any atom is -0.481 e. The number of aryl methyl sites for hydroxylation is 2. The maximum atomic E-state index is 11.2. The van der Waals surface area contributed by atoms with Gasteiger partial charge in [-0.1, -0.05) is 32.9 Å². The topological polar surface area (TPSA) is 40.5 Å². The van der Waals surface area contributed by atoms with E-state index in [1.165, 1.54) is 22.3 Å². The molecule has 1 fully saturated rings. The highest BCUT2D eigenvalue weighted by atomic mass is 16.4. The molecule has 1 saturated heterocycles. The molecule has 1 aliphatic rings. The molecular weight excluding hydrogens is 274 g/mol. The van der Waals surface area contributed by atoms with Gasteiger partial charge in [-0.2, -0.15) is 0 Å². The number of benzene rings is 1. The number of hydrogen-bond donors (Lipinski definition) is 1. The number of carbonyl (C=O) groups is 1. The van der Waals surface area contributed by atoms with Gasteiger partial charge in [-0.15, -0.1) is 0 Å². The van der Waals surface area contributed by atoms with Crippen LogP contribution in [-0.4, -0.2) is 29.1 Å². The lowest BCUT2D eigenvalue weighted by atomic mass is 9.83. The zero-order valence-corrected chi connectivity index (χ0v) is 14.6. The highest BCUT2D eigenvalue weighted by Gasteiger charge is 2.26. The van der Waals surface area contributed by atoms with Crippen LogP contribution in [0.2, 0.25) is 0 Å². The van der Waals surface area contributed by atoms with E-state index in [9.17, 15) is 9.90 Å². The van der Waals surface area contributed by atoms with E-state index in [0.29, 0.717) is 6.54 Å². The Labute approximate surface area is 134 Å². The van der Waals surface area contributed by atoms with Crippen molar-refractivity contribution in [2.24, 2.45) is 5.92 Å². The smallest absolute Gasteiger partial charge is 0.307 e. The minimum atomic E-state index is -0.652. The Kier molecular flexibility index (Phi) is 4.96. The zero-order chi connectivity index (χ0) is 16.5. The molecule has 1 aromatic carbocycles. The fourth-order valence-corrected chi connectivity index (χ4v) is 3.30. The van der Waals surface area contributed by atoms with E-state index < -0.39 is 5.97 Å². The number of piperidine rings is 1. The number of carboxylic acid groups (broad SMARTS) is 1. The molecule has 1 aliphatic heterocycles. The fraction of sp³-hybridized carbons (Fsp3) is 0.632. The molecule has 122 valence electrons. The molecule has 1 N–H and O–H groups in total. The van der Waals surface area contributed by atoms with Gasteiger partial charge in [0.05, 0.1) is 5.92 Å². The Morgan fingerprint density at radius 2 is 1.86 bits per heavy atom. The van der Waals surface area contributed by atoms with Gasteiger partial charge in [0.25, 0.3) is 0 Å². The van der Waals surface area contributed by atoms with Gasteiger partial charge in [-0.25, -0.2) is 0 Å². The standard InChI is InChI=1S/C19H29NO2/c1-13-9-16(19(3,4)5)10-14(2)17(13)12-20-8-6-7-15(11-20)18(21)22/h9-10,15H,6-8,11-12H2,1-5H3,(H,21,22). The number of hydrogen-bond acceptors (Lipinski definition) is 2. The molecule has 0 aliphatic carbocycles. The van der Waals surface area contributed by atoms with Gasteiger partial charge >= 0.3 is 5.97 Å². The van der Waals surface area contributed by atoms with Crippen LogP contribution in [0.3, 0.4) is 0 Å². The predicted molar refractivity (Wildman–Crippen MR) is 90.3 cm³/mol. The van der Waals surface area contributed by atoms with Gasteiger partial charge in [0.2, 0.25) is 0 Å². The zero-order valence-electron chi connectivity index (χ0n) is 14.6. The quantitative estimate of drug-likeness (QED) is 0.920. The van der Waals surface area contributed by atoms with Crippen molar-refractivity contribution >= 4 is 5.97 Å². The second kappa shape index (κ2) is 6.41. The maximum absolute atomic E-state index is 11.2. The normalized spacial score (nSPS) is 20.1. The van der Waals surface area contributed by atoms with Gasteiger partial charge in [0.1, 0.15) is 0 Å². The van der Waals surface area contributed by atoms with Crippen molar-refractivity contribution < 1.29 is 9.90 Å². The van der Waals surface area contributed by atoms with E-state index in [-0.39, 0.29) is 11.3 Å².